The molecular formula is C23H21FN4O3S. The van der Waals surface area contributed by atoms with E-state index < -0.39 is 17.8 Å². The van der Waals surface area contributed by atoms with Gasteiger partial charge in [0.05, 0.1) is 30.8 Å². The van der Waals surface area contributed by atoms with E-state index in [2.05, 4.69) is 15.3 Å². The van der Waals surface area contributed by atoms with Crippen LogP contribution in [0.25, 0.3) is 0 Å². The Balaban J connectivity index is 1.61. The van der Waals surface area contributed by atoms with Crippen LogP contribution in [0.2, 0.25) is 0 Å². The number of aromatic nitrogens is 1. The third-order valence-corrected chi connectivity index (χ3v) is 6.01. The second-order valence-electron chi connectivity index (χ2n) is 7.25. The van der Waals surface area contributed by atoms with Crippen LogP contribution in [-0.4, -0.2) is 34.0 Å². The summed E-state index contributed by atoms with van der Waals surface area (Å²) in [5, 5.41) is 5.34. The number of amidine groups is 1. The van der Waals surface area contributed by atoms with Gasteiger partial charge in [-0.15, -0.1) is 0 Å². The number of fused-ring (bicyclic) bond motifs is 1. The van der Waals surface area contributed by atoms with Crippen molar-refractivity contribution in [2.24, 2.45) is 4.99 Å². The number of hydrogen-bond donors (Lipinski definition) is 1. The van der Waals surface area contributed by atoms with Gasteiger partial charge >= 0.3 is 5.97 Å². The second kappa shape index (κ2) is 9.35. The summed E-state index contributed by atoms with van der Waals surface area (Å²) in [4.78, 5) is 35.7. The Morgan fingerprint density at radius 3 is 2.84 bits per heavy atom. The van der Waals surface area contributed by atoms with Gasteiger partial charge in [-0.05, 0) is 41.7 Å². The normalized spacial score (nSPS) is 17.5. The maximum Gasteiger partial charge on any atom is 0.338 e. The van der Waals surface area contributed by atoms with E-state index in [0.717, 1.165) is 5.56 Å². The summed E-state index contributed by atoms with van der Waals surface area (Å²) >= 11 is 1.36. The number of allylic oxidation sites excluding steroid dienone is 1. The molecule has 0 aliphatic carbocycles. The molecular weight excluding hydrogens is 431 g/mol. The largest absolute Gasteiger partial charge is 0.466 e. The number of esters is 1. The van der Waals surface area contributed by atoms with Crippen molar-refractivity contribution in [3.63, 3.8) is 0 Å². The Hall–Kier alpha value is -3.46. The van der Waals surface area contributed by atoms with Crippen LogP contribution in [0.3, 0.4) is 0 Å². The molecule has 0 spiro atoms. The number of methoxy groups -OCH3 is 1. The summed E-state index contributed by atoms with van der Waals surface area (Å²) in [6, 6.07) is 9.09. The Morgan fingerprint density at radius 1 is 1.28 bits per heavy atom. The first kappa shape index (κ1) is 21.8. The molecule has 2 aliphatic heterocycles. The molecule has 7 nitrogen and oxygen atoms in total. The van der Waals surface area contributed by atoms with Gasteiger partial charge < -0.3 is 15.0 Å². The quantitative estimate of drug-likeness (QED) is 0.674. The maximum atomic E-state index is 14.1. The lowest BCUT2D eigenvalue weighted by atomic mass is 9.94. The number of aliphatic imine (C=N–C) groups is 1. The van der Waals surface area contributed by atoms with Gasteiger partial charge in [0.15, 0.2) is 5.17 Å². The highest BCUT2D eigenvalue weighted by Gasteiger charge is 2.41. The van der Waals surface area contributed by atoms with Crippen molar-refractivity contribution in [3.8, 4) is 0 Å². The Bertz CT molecular complexity index is 1150. The molecule has 4 rings (SSSR count). The number of ether oxygens (including phenoxy) is 1. The highest BCUT2D eigenvalue weighted by atomic mass is 32.2. The molecule has 0 saturated carbocycles. The smallest absolute Gasteiger partial charge is 0.338 e. The molecule has 2 aromatic rings. The highest BCUT2D eigenvalue weighted by Crippen LogP contribution is 2.44. The number of nitrogens with one attached hydrogen (secondary N) is 1. The fourth-order valence-corrected chi connectivity index (χ4v) is 4.63. The lowest BCUT2D eigenvalue weighted by Gasteiger charge is -2.36. The summed E-state index contributed by atoms with van der Waals surface area (Å²) in [5.74, 6) is -1.15. The van der Waals surface area contributed by atoms with Gasteiger partial charge in [-0.1, -0.05) is 30.0 Å². The molecule has 0 fully saturated rings. The van der Waals surface area contributed by atoms with Crippen LogP contribution >= 0.6 is 11.8 Å². The zero-order valence-electron chi connectivity index (χ0n) is 17.5. The molecule has 1 unspecified atom stereocenters. The maximum absolute atomic E-state index is 14.1. The van der Waals surface area contributed by atoms with Gasteiger partial charge in [0, 0.05) is 24.6 Å². The van der Waals surface area contributed by atoms with E-state index in [0.29, 0.717) is 34.2 Å². The minimum absolute atomic E-state index is 0.0750. The molecule has 1 aromatic heterocycles. The minimum Gasteiger partial charge on any atom is -0.466 e. The number of rotatable bonds is 6. The van der Waals surface area contributed by atoms with Gasteiger partial charge in [-0.3, -0.25) is 9.78 Å². The number of nitrogens with zero attached hydrogens (tertiary/aromatic N) is 3. The van der Waals surface area contributed by atoms with Crippen molar-refractivity contribution in [2.75, 3.05) is 7.11 Å². The number of thioether (sulfide) groups is 1. The highest BCUT2D eigenvalue weighted by molar-refractivity contribution is 8.16. The number of benzene rings is 1. The fourth-order valence-electron chi connectivity index (χ4n) is 3.66. The van der Waals surface area contributed by atoms with Gasteiger partial charge in [-0.25, -0.2) is 14.2 Å². The molecule has 3 heterocycles. The second-order valence-corrected chi connectivity index (χ2v) is 8.09. The molecule has 2 aliphatic rings. The minimum atomic E-state index is -0.655. The van der Waals surface area contributed by atoms with E-state index in [1.807, 2.05) is 16.4 Å². The molecule has 0 bridgehead atoms. The van der Waals surface area contributed by atoms with Gasteiger partial charge in [0.2, 0.25) is 5.91 Å². The topological polar surface area (TPSA) is 83.9 Å². The van der Waals surface area contributed by atoms with Crippen molar-refractivity contribution in [3.05, 3.63) is 88.1 Å². The summed E-state index contributed by atoms with van der Waals surface area (Å²) in [6.07, 6.45) is 3.44. The molecule has 9 heteroatoms. The Kier molecular flexibility index (Phi) is 6.36. The number of halogens is 1. The van der Waals surface area contributed by atoms with Crippen molar-refractivity contribution in [2.45, 2.75) is 25.9 Å². The number of hydrogen-bond acceptors (Lipinski definition) is 7. The Morgan fingerprint density at radius 2 is 2.12 bits per heavy atom. The van der Waals surface area contributed by atoms with Crippen LogP contribution in [-0.2, 0) is 20.9 Å². The van der Waals surface area contributed by atoms with E-state index in [9.17, 15) is 14.0 Å². The SMILES string of the molecule is COC(=O)C1=C(C)N=C2SC=C(CC(=O)NCc3cccnc3)N2C1c1cccc(F)c1. The predicted octanol–water partition coefficient (Wildman–Crippen LogP) is 3.68. The van der Waals surface area contributed by atoms with E-state index in [4.69, 9.17) is 4.74 Å². The van der Waals surface area contributed by atoms with Crippen LogP contribution in [0.15, 0.2) is 76.2 Å². The van der Waals surface area contributed by atoms with Crippen LogP contribution in [0.1, 0.15) is 30.5 Å². The number of amides is 1. The van der Waals surface area contributed by atoms with Gasteiger partial charge in [0.25, 0.3) is 0 Å². The summed E-state index contributed by atoms with van der Waals surface area (Å²) in [7, 11) is 1.30. The zero-order chi connectivity index (χ0) is 22.7. The number of carbonyl (C=O) groups excluding carboxylic acids is 2. The fraction of sp³-hybridized carbons (Fsp3) is 0.217. The van der Waals surface area contributed by atoms with Crippen molar-refractivity contribution < 1.29 is 18.7 Å². The van der Waals surface area contributed by atoms with Crippen LogP contribution in [0, 0.1) is 5.82 Å². The molecule has 0 saturated heterocycles. The monoisotopic (exact) mass is 452 g/mol. The molecule has 32 heavy (non-hydrogen) atoms. The van der Waals surface area contributed by atoms with E-state index in [1.165, 1.54) is 31.0 Å². The van der Waals surface area contributed by atoms with E-state index >= 15 is 0 Å². The molecule has 1 N–H and O–H groups in total. The van der Waals surface area contributed by atoms with Gasteiger partial charge in [-0.2, -0.15) is 0 Å². The number of pyridine rings is 1. The first-order chi connectivity index (χ1) is 15.5. The molecule has 164 valence electrons. The lowest BCUT2D eigenvalue weighted by molar-refractivity contribution is -0.136. The first-order valence-corrected chi connectivity index (χ1v) is 10.8. The molecule has 1 atom stereocenters. The lowest BCUT2D eigenvalue weighted by Crippen LogP contribution is -2.38. The molecule has 1 amide bonds. The van der Waals surface area contributed by atoms with E-state index in [1.54, 1.807) is 37.5 Å². The Labute approximate surface area is 189 Å². The molecule has 1 aromatic carbocycles. The predicted molar refractivity (Wildman–Crippen MR) is 120 cm³/mol. The van der Waals surface area contributed by atoms with Gasteiger partial charge in [0.1, 0.15) is 5.82 Å². The van der Waals surface area contributed by atoms with Crippen molar-refractivity contribution >= 4 is 28.8 Å². The third kappa shape index (κ3) is 4.43. The van der Waals surface area contributed by atoms with Crippen LogP contribution < -0.4 is 5.32 Å². The molecule has 0 radical (unpaired) electrons. The van der Waals surface area contributed by atoms with Crippen molar-refractivity contribution in [1.29, 1.82) is 0 Å². The first-order valence-electron chi connectivity index (χ1n) is 9.91. The van der Waals surface area contributed by atoms with Crippen molar-refractivity contribution in [1.82, 2.24) is 15.2 Å². The third-order valence-electron chi connectivity index (χ3n) is 5.12. The number of carbonyl (C=O) groups is 2. The summed E-state index contributed by atoms with van der Waals surface area (Å²) in [5.41, 5.74) is 2.94. The van der Waals surface area contributed by atoms with Crippen LogP contribution in [0.5, 0.6) is 0 Å². The van der Waals surface area contributed by atoms with Crippen LogP contribution in [0.4, 0.5) is 4.39 Å². The van der Waals surface area contributed by atoms with E-state index in [-0.39, 0.29) is 12.3 Å². The standard InChI is InChI=1S/C23H21FN4O3S/c1-14-20(22(30)31-2)21(16-6-3-7-17(24)9-16)28-18(13-32-23(28)27-14)10-19(29)26-12-15-5-4-8-25-11-15/h3-9,11,13,21H,10,12H2,1-2H3,(H,26,29). The summed E-state index contributed by atoms with van der Waals surface area (Å²) < 4.78 is 19.1. The zero-order valence-corrected chi connectivity index (χ0v) is 18.4. The average molecular weight is 453 g/mol. The average Bonchev–Trinajstić information content (AvgIpc) is 3.18. The summed E-state index contributed by atoms with van der Waals surface area (Å²) in [6.45, 7) is 2.08.